The molecule has 1 amide bonds. The SMILES string of the molecule is CNc1c(F)cc(C(=O)N(CCO)CC(F)F)cc1F. The second-order valence-corrected chi connectivity index (χ2v) is 3.93. The Kier molecular flexibility index (Phi) is 5.75. The second-order valence-electron chi connectivity index (χ2n) is 3.93. The third-order valence-corrected chi connectivity index (χ3v) is 2.55. The molecule has 20 heavy (non-hydrogen) atoms. The summed E-state index contributed by atoms with van der Waals surface area (Å²) < 4.78 is 51.7. The number of anilines is 1. The molecule has 112 valence electrons. The fraction of sp³-hybridized carbons (Fsp3) is 0.417. The molecule has 0 radical (unpaired) electrons. The fourth-order valence-corrected chi connectivity index (χ4v) is 1.68. The molecular weight excluding hydrogens is 280 g/mol. The molecule has 0 unspecified atom stereocenters. The molecule has 0 atom stereocenters. The lowest BCUT2D eigenvalue weighted by Crippen LogP contribution is -2.37. The van der Waals surface area contributed by atoms with Crippen molar-refractivity contribution in [3.05, 3.63) is 29.3 Å². The lowest BCUT2D eigenvalue weighted by Gasteiger charge is -2.21. The molecule has 2 N–H and O–H groups in total. The van der Waals surface area contributed by atoms with Crippen molar-refractivity contribution in [1.29, 1.82) is 0 Å². The average molecular weight is 294 g/mol. The van der Waals surface area contributed by atoms with E-state index in [4.69, 9.17) is 5.11 Å². The lowest BCUT2D eigenvalue weighted by atomic mass is 10.1. The Hall–Kier alpha value is -1.83. The summed E-state index contributed by atoms with van der Waals surface area (Å²) in [6.45, 7) is -1.80. The van der Waals surface area contributed by atoms with Crippen LogP contribution >= 0.6 is 0 Å². The van der Waals surface area contributed by atoms with Crippen LogP contribution in [0.25, 0.3) is 0 Å². The highest BCUT2D eigenvalue weighted by Crippen LogP contribution is 2.21. The van der Waals surface area contributed by atoms with Crippen LogP contribution in [0.2, 0.25) is 0 Å². The van der Waals surface area contributed by atoms with Gasteiger partial charge in [0.25, 0.3) is 12.3 Å². The summed E-state index contributed by atoms with van der Waals surface area (Å²) >= 11 is 0. The molecule has 1 aromatic rings. The van der Waals surface area contributed by atoms with Gasteiger partial charge in [-0.3, -0.25) is 4.79 Å². The molecule has 0 bridgehead atoms. The molecule has 0 fully saturated rings. The van der Waals surface area contributed by atoms with Gasteiger partial charge >= 0.3 is 0 Å². The first-order chi connectivity index (χ1) is 9.40. The van der Waals surface area contributed by atoms with Crippen molar-refractivity contribution in [3.63, 3.8) is 0 Å². The third-order valence-electron chi connectivity index (χ3n) is 2.55. The van der Waals surface area contributed by atoms with Crippen LogP contribution in [0.4, 0.5) is 23.2 Å². The number of halogens is 4. The molecule has 4 nitrogen and oxygen atoms in total. The van der Waals surface area contributed by atoms with Gasteiger partial charge in [0.05, 0.1) is 13.2 Å². The van der Waals surface area contributed by atoms with Crippen LogP contribution in [0.15, 0.2) is 12.1 Å². The standard InChI is InChI=1S/C12H14F4N2O2/c1-17-11-8(13)4-7(5-9(11)14)12(20)18(2-3-19)6-10(15)16/h4-5,10,17,19H,2-3,6H2,1H3. The molecule has 0 saturated carbocycles. The maximum absolute atomic E-state index is 13.5. The van der Waals surface area contributed by atoms with Crippen LogP contribution in [-0.4, -0.2) is 49.1 Å². The summed E-state index contributed by atoms with van der Waals surface area (Å²) in [6.07, 6.45) is -2.81. The van der Waals surface area contributed by atoms with E-state index >= 15 is 0 Å². The molecule has 0 aliphatic heterocycles. The smallest absolute Gasteiger partial charge is 0.255 e. The van der Waals surface area contributed by atoms with Gasteiger partial charge in [-0.1, -0.05) is 0 Å². The van der Waals surface area contributed by atoms with E-state index in [-0.39, 0.29) is 6.54 Å². The van der Waals surface area contributed by atoms with Gasteiger partial charge in [-0.2, -0.15) is 0 Å². The first-order valence-corrected chi connectivity index (χ1v) is 5.75. The van der Waals surface area contributed by atoms with Gasteiger partial charge in [-0.15, -0.1) is 0 Å². The Bertz CT molecular complexity index is 460. The van der Waals surface area contributed by atoms with E-state index in [1.165, 1.54) is 7.05 Å². The van der Waals surface area contributed by atoms with E-state index < -0.39 is 48.4 Å². The number of amides is 1. The van der Waals surface area contributed by atoms with Gasteiger partial charge in [0.1, 0.15) is 17.3 Å². The van der Waals surface area contributed by atoms with Gasteiger partial charge < -0.3 is 15.3 Å². The largest absolute Gasteiger partial charge is 0.395 e. The number of hydrogen-bond acceptors (Lipinski definition) is 3. The van der Waals surface area contributed by atoms with Crippen LogP contribution < -0.4 is 5.32 Å². The molecule has 0 aliphatic rings. The molecule has 0 saturated heterocycles. The van der Waals surface area contributed by atoms with Crippen LogP contribution in [0.3, 0.4) is 0 Å². The Morgan fingerprint density at radius 1 is 1.35 bits per heavy atom. The quantitative estimate of drug-likeness (QED) is 0.785. The minimum Gasteiger partial charge on any atom is -0.395 e. The van der Waals surface area contributed by atoms with Crippen molar-refractivity contribution in [3.8, 4) is 0 Å². The first kappa shape index (κ1) is 16.2. The molecule has 0 spiro atoms. The average Bonchev–Trinajstić information content (AvgIpc) is 2.36. The van der Waals surface area contributed by atoms with Crippen molar-refractivity contribution < 1.29 is 27.5 Å². The number of alkyl halides is 2. The number of aliphatic hydroxyl groups excluding tert-OH is 1. The van der Waals surface area contributed by atoms with E-state index in [0.717, 1.165) is 12.1 Å². The topological polar surface area (TPSA) is 52.6 Å². The Labute approximate surface area is 113 Å². The molecular formula is C12H14F4N2O2. The zero-order valence-electron chi connectivity index (χ0n) is 10.7. The predicted octanol–water partition coefficient (Wildman–Crippen LogP) is 1.71. The number of hydrogen-bond donors (Lipinski definition) is 2. The Morgan fingerprint density at radius 2 is 1.90 bits per heavy atom. The van der Waals surface area contributed by atoms with Crippen LogP contribution in [0.5, 0.6) is 0 Å². The minimum atomic E-state index is -2.81. The highest BCUT2D eigenvalue weighted by atomic mass is 19.3. The number of nitrogens with zero attached hydrogens (tertiary/aromatic N) is 1. The second kappa shape index (κ2) is 7.09. The molecule has 0 aliphatic carbocycles. The van der Waals surface area contributed by atoms with E-state index in [1.807, 2.05) is 0 Å². The maximum atomic E-state index is 13.5. The number of rotatable bonds is 6. The summed E-state index contributed by atoms with van der Waals surface area (Å²) in [4.78, 5) is 12.5. The molecule has 8 heteroatoms. The Balaban J connectivity index is 3.05. The van der Waals surface area contributed by atoms with Gasteiger partial charge in [0, 0.05) is 19.2 Å². The minimum absolute atomic E-state index is 0.347. The number of benzene rings is 1. The van der Waals surface area contributed by atoms with E-state index in [0.29, 0.717) is 4.90 Å². The molecule has 0 aromatic heterocycles. The summed E-state index contributed by atoms with van der Waals surface area (Å²) in [7, 11) is 1.30. The van der Waals surface area contributed by atoms with Crippen molar-refractivity contribution >= 4 is 11.6 Å². The molecule has 0 heterocycles. The van der Waals surface area contributed by atoms with Crippen molar-refractivity contribution in [2.45, 2.75) is 6.43 Å². The normalized spacial score (nSPS) is 10.8. The fourth-order valence-electron chi connectivity index (χ4n) is 1.68. The van der Waals surface area contributed by atoms with Crippen LogP contribution in [0.1, 0.15) is 10.4 Å². The highest BCUT2D eigenvalue weighted by Gasteiger charge is 2.22. The van der Waals surface area contributed by atoms with Gasteiger partial charge in [0.15, 0.2) is 0 Å². The van der Waals surface area contributed by atoms with Crippen LogP contribution in [0, 0.1) is 11.6 Å². The van der Waals surface area contributed by atoms with Gasteiger partial charge in [-0.25, -0.2) is 17.6 Å². The predicted molar refractivity (Wildman–Crippen MR) is 64.9 cm³/mol. The monoisotopic (exact) mass is 294 g/mol. The van der Waals surface area contributed by atoms with E-state index in [9.17, 15) is 22.4 Å². The van der Waals surface area contributed by atoms with Crippen LogP contribution in [-0.2, 0) is 0 Å². The van der Waals surface area contributed by atoms with Gasteiger partial charge in [0.2, 0.25) is 0 Å². The summed E-state index contributed by atoms with van der Waals surface area (Å²) in [6, 6.07) is 1.51. The zero-order chi connectivity index (χ0) is 15.3. The number of aliphatic hydroxyl groups is 1. The third kappa shape index (κ3) is 3.83. The van der Waals surface area contributed by atoms with Crippen molar-refractivity contribution in [2.75, 3.05) is 32.1 Å². The maximum Gasteiger partial charge on any atom is 0.255 e. The summed E-state index contributed by atoms with van der Waals surface area (Å²) in [5.74, 6) is -2.98. The highest BCUT2D eigenvalue weighted by molar-refractivity contribution is 5.94. The number of nitrogens with one attached hydrogen (secondary N) is 1. The van der Waals surface area contributed by atoms with Crippen molar-refractivity contribution in [2.24, 2.45) is 0 Å². The number of carbonyl (C=O) groups excluding carboxylic acids is 1. The zero-order valence-corrected chi connectivity index (χ0v) is 10.7. The van der Waals surface area contributed by atoms with E-state index in [1.54, 1.807) is 0 Å². The summed E-state index contributed by atoms with van der Waals surface area (Å²) in [5, 5.41) is 11.0. The summed E-state index contributed by atoms with van der Waals surface area (Å²) in [5.41, 5.74) is -0.808. The Morgan fingerprint density at radius 3 is 2.30 bits per heavy atom. The van der Waals surface area contributed by atoms with Crippen molar-refractivity contribution in [1.82, 2.24) is 4.90 Å². The van der Waals surface area contributed by atoms with Gasteiger partial charge in [-0.05, 0) is 12.1 Å². The lowest BCUT2D eigenvalue weighted by molar-refractivity contribution is 0.0508. The first-order valence-electron chi connectivity index (χ1n) is 5.75. The van der Waals surface area contributed by atoms with E-state index in [2.05, 4.69) is 5.32 Å². The molecule has 1 aromatic carbocycles. The molecule has 1 rings (SSSR count). The number of carbonyl (C=O) groups is 1.